The monoisotopic (exact) mass is 251 g/mol. The normalized spacial score (nSPS) is 27.9. The number of carbonyl (C=O) groups is 1. The van der Waals surface area contributed by atoms with Crippen LogP contribution in [-0.4, -0.2) is 44.0 Å². The van der Waals surface area contributed by atoms with E-state index in [0.29, 0.717) is 6.42 Å². The molecule has 0 heterocycles. The molecule has 0 aliphatic heterocycles. The Kier molecular flexibility index (Phi) is 4.28. The first-order chi connectivity index (χ1) is 7.38. The fourth-order valence-corrected chi connectivity index (χ4v) is 2.95. The van der Waals surface area contributed by atoms with Crippen molar-refractivity contribution in [3.63, 3.8) is 0 Å². The predicted octanol–water partition coefficient (Wildman–Crippen LogP) is -0.0536. The van der Waals surface area contributed by atoms with Crippen molar-refractivity contribution in [2.75, 3.05) is 7.11 Å². The van der Waals surface area contributed by atoms with E-state index < -0.39 is 21.2 Å². The fourth-order valence-electron chi connectivity index (χ4n) is 1.79. The third kappa shape index (κ3) is 2.93. The van der Waals surface area contributed by atoms with Crippen LogP contribution in [0.1, 0.15) is 26.2 Å². The lowest BCUT2D eigenvalue weighted by atomic mass is 10.2. The predicted molar refractivity (Wildman–Crippen MR) is 57.6 cm³/mol. The standard InChI is InChI=1S/C9H17NO5S/c1-6(9(11)12)16(13,14)10-7-4-3-5-8(7)15-2/h6-8,10H,3-5H2,1-2H3,(H,11,12). The molecule has 3 atom stereocenters. The van der Waals surface area contributed by atoms with E-state index in [9.17, 15) is 13.2 Å². The van der Waals surface area contributed by atoms with Gasteiger partial charge in [-0.1, -0.05) is 0 Å². The average molecular weight is 251 g/mol. The Labute approximate surface area is 95.0 Å². The Morgan fingerprint density at radius 3 is 2.62 bits per heavy atom. The van der Waals surface area contributed by atoms with Crippen LogP contribution in [0.4, 0.5) is 0 Å². The molecule has 1 rings (SSSR count). The Balaban J connectivity index is 2.69. The second-order valence-electron chi connectivity index (χ2n) is 3.95. The number of carboxylic acid groups (broad SMARTS) is 1. The van der Waals surface area contributed by atoms with Crippen molar-refractivity contribution < 1.29 is 23.1 Å². The van der Waals surface area contributed by atoms with E-state index in [1.54, 1.807) is 0 Å². The van der Waals surface area contributed by atoms with Crippen molar-refractivity contribution in [3.05, 3.63) is 0 Å². The van der Waals surface area contributed by atoms with Crippen LogP contribution < -0.4 is 4.72 Å². The number of ether oxygens (including phenoxy) is 1. The summed E-state index contributed by atoms with van der Waals surface area (Å²) in [5, 5.41) is 7.22. The molecule has 0 aromatic heterocycles. The Bertz CT molecular complexity index is 353. The summed E-state index contributed by atoms with van der Waals surface area (Å²) >= 11 is 0. The Morgan fingerprint density at radius 1 is 1.50 bits per heavy atom. The van der Waals surface area contributed by atoms with Gasteiger partial charge in [0.2, 0.25) is 10.0 Å². The summed E-state index contributed by atoms with van der Waals surface area (Å²) in [4.78, 5) is 10.6. The van der Waals surface area contributed by atoms with Gasteiger partial charge in [-0.15, -0.1) is 0 Å². The molecule has 0 radical (unpaired) electrons. The maximum Gasteiger partial charge on any atom is 0.323 e. The van der Waals surface area contributed by atoms with Crippen LogP contribution in [0.25, 0.3) is 0 Å². The van der Waals surface area contributed by atoms with Crippen molar-refractivity contribution in [3.8, 4) is 0 Å². The molecule has 3 unspecified atom stereocenters. The molecule has 0 saturated heterocycles. The number of rotatable bonds is 5. The summed E-state index contributed by atoms with van der Waals surface area (Å²) in [5.74, 6) is -1.35. The van der Waals surface area contributed by atoms with E-state index in [0.717, 1.165) is 19.8 Å². The molecule has 1 aliphatic carbocycles. The zero-order chi connectivity index (χ0) is 12.3. The molecule has 1 saturated carbocycles. The number of hydrogen-bond acceptors (Lipinski definition) is 4. The zero-order valence-electron chi connectivity index (χ0n) is 9.34. The molecule has 7 heteroatoms. The summed E-state index contributed by atoms with van der Waals surface area (Å²) in [6.45, 7) is 1.15. The van der Waals surface area contributed by atoms with E-state index in [-0.39, 0.29) is 12.1 Å². The first-order valence-corrected chi connectivity index (χ1v) is 6.70. The molecular formula is C9H17NO5S. The first-order valence-electron chi connectivity index (χ1n) is 5.15. The van der Waals surface area contributed by atoms with Gasteiger partial charge in [0.05, 0.1) is 6.10 Å². The molecule has 0 bridgehead atoms. The van der Waals surface area contributed by atoms with Crippen LogP contribution in [0.2, 0.25) is 0 Å². The van der Waals surface area contributed by atoms with Gasteiger partial charge in [0.1, 0.15) is 0 Å². The largest absolute Gasteiger partial charge is 0.480 e. The molecule has 2 N–H and O–H groups in total. The van der Waals surface area contributed by atoms with E-state index in [1.165, 1.54) is 7.11 Å². The van der Waals surface area contributed by atoms with E-state index in [4.69, 9.17) is 9.84 Å². The molecule has 0 spiro atoms. The number of hydrogen-bond donors (Lipinski definition) is 2. The lowest BCUT2D eigenvalue weighted by molar-refractivity contribution is -0.136. The number of methoxy groups -OCH3 is 1. The van der Waals surface area contributed by atoms with Gasteiger partial charge in [0.25, 0.3) is 0 Å². The first kappa shape index (κ1) is 13.4. The van der Waals surface area contributed by atoms with Gasteiger partial charge in [-0.05, 0) is 26.2 Å². The van der Waals surface area contributed by atoms with E-state index in [2.05, 4.69) is 4.72 Å². The van der Waals surface area contributed by atoms with Crippen LogP contribution in [0.5, 0.6) is 0 Å². The van der Waals surface area contributed by atoms with E-state index >= 15 is 0 Å². The Hall–Kier alpha value is -0.660. The average Bonchev–Trinajstić information content (AvgIpc) is 2.63. The molecule has 1 aliphatic rings. The highest BCUT2D eigenvalue weighted by Crippen LogP contribution is 2.22. The number of nitrogens with one attached hydrogen (secondary N) is 1. The molecule has 0 aromatic rings. The third-order valence-corrected chi connectivity index (χ3v) is 4.65. The van der Waals surface area contributed by atoms with Crippen LogP contribution in [0.3, 0.4) is 0 Å². The summed E-state index contributed by atoms with van der Waals surface area (Å²) in [5.41, 5.74) is 0. The van der Waals surface area contributed by atoms with Crippen LogP contribution >= 0.6 is 0 Å². The zero-order valence-corrected chi connectivity index (χ0v) is 10.2. The molecule has 94 valence electrons. The lowest BCUT2D eigenvalue weighted by Gasteiger charge is -2.20. The number of carboxylic acids is 1. The number of sulfonamides is 1. The van der Waals surface area contributed by atoms with Crippen molar-refractivity contribution in [2.45, 2.75) is 43.6 Å². The van der Waals surface area contributed by atoms with Crippen LogP contribution in [0, 0.1) is 0 Å². The van der Waals surface area contributed by atoms with Crippen LogP contribution in [-0.2, 0) is 19.6 Å². The minimum atomic E-state index is -3.82. The molecular weight excluding hydrogens is 234 g/mol. The van der Waals surface area contributed by atoms with Gasteiger partial charge in [-0.25, -0.2) is 13.1 Å². The summed E-state index contributed by atoms with van der Waals surface area (Å²) in [6, 6.07) is -0.309. The smallest absolute Gasteiger partial charge is 0.323 e. The van der Waals surface area contributed by atoms with Crippen LogP contribution in [0.15, 0.2) is 0 Å². The van der Waals surface area contributed by atoms with Gasteiger partial charge >= 0.3 is 5.97 Å². The highest BCUT2D eigenvalue weighted by Gasteiger charge is 2.35. The summed E-state index contributed by atoms with van der Waals surface area (Å²) in [7, 11) is -2.29. The maximum absolute atomic E-state index is 11.6. The van der Waals surface area contributed by atoms with Gasteiger partial charge in [0.15, 0.2) is 5.25 Å². The lowest BCUT2D eigenvalue weighted by Crippen LogP contribution is -2.46. The summed E-state index contributed by atoms with van der Waals surface area (Å²) < 4.78 is 30.8. The van der Waals surface area contributed by atoms with Crippen molar-refractivity contribution in [1.29, 1.82) is 0 Å². The second-order valence-corrected chi connectivity index (χ2v) is 5.99. The quantitative estimate of drug-likeness (QED) is 0.714. The van der Waals surface area contributed by atoms with Crippen molar-refractivity contribution >= 4 is 16.0 Å². The SMILES string of the molecule is COC1CCCC1NS(=O)(=O)C(C)C(=O)O. The molecule has 0 aromatic carbocycles. The second kappa shape index (κ2) is 5.11. The summed E-state index contributed by atoms with van der Waals surface area (Å²) in [6.07, 6.45) is 2.21. The Morgan fingerprint density at radius 2 is 2.12 bits per heavy atom. The highest BCUT2D eigenvalue weighted by molar-refractivity contribution is 7.90. The third-order valence-electron chi connectivity index (χ3n) is 2.88. The van der Waals surface area contributed by atoms with Gasteiger partial charge in [-0.2, -0.15) is 0 Å². The minimum Gasteiger partial charge on any atom is -0.480 e. The minimum absolute atomic E-state index is 0.157. The molecule has 6 nitrogen and oxygen atoms in total. The van der Waals surface area contributed by atoms with Crippen molar-refractivity contribution in [2.24, 2.45) is 0 Å². The van der Waals surface area contributed by atoms with Gasteiger partial charge in [0, 0.05) is 13.2 Å². The van der Waals surface area contributed by atoms with Gasteiger partial charge in [-0.3, -0.25) is 4.79 Å². The fraction of sp³-hybridized carbons (Fsp3) is 0.889. The molecule has 0 amide bonds. The molecule has 16 heavy (non-hydrogen) atoms. The topological polar surface area (TPSA) is 92.7 Å². The number of aliphatic carboxylic acids is 1. The van der Waals surface area contributed by atoms with Crippen molar-refractivity contribution in [1.82, 2.24) is 4.72 Å². The van der Waals surface area contributed by atoms with E-state index in [1.807, 2.05) is 0 Å². The van der Waals surface area contributed by atoms with Gasteiger partial charge < -0.3 is 9.84 Å². The maximum atomic E-state index is 11.6. The highest BCUT2D eigenvalue weighted by atomic mass is 32.2. The molecule has 1 fully saturated rings.